The van der Waals surface area contributed by atoms with Crippen molar-refractivity contribution >= 4 is 29.0 Å². The Morgan fingerprint density at radius 2 is 1.42 bits per heavy atom. The van der Waals surface area contributed by atoms with Gasteiger partial charge in [-0.2, -0.15) is 0 Å². The summed E-state index contributed by atoms with van der Waals surface area (Å²) in [6.45, 7) is 0. The van der Waals surface area contributed by atoms with Crippen molar-refractivity contribution in [3.8, 4) is 0 Å². The van der Waals surface area contributed by atoms with Crippen LogP contribution in [-0.2, 0) is 0 Å². The molecular formula is C15H13Cl2NO. The minimum Gasteiger partial charge on any atom is -0.324 e. The lowest BCUT2D eigenvalue weighted by molar-refractivity contribution is 0.0974. The van der Waals surface area contributed by atoms with Crippen LogP contribution in [0.4, 0.5) is 0 Å². The molecule has 0 amide bonds. The smallest absolute Gasteiger partial charge is 0.164 e. The highest BCUT2D eigenvalue weighted by Gasteiger charge is 2.13. The summed E-state index contributed by atoms with van der Waals surface area (Å²) in [6.07, 6.45) is 0.253. The van der Waals surface area contributed by atoms with Crippen LogP contribution < -0.4 is 5.73 Å². The molecule has 0 aliphatic heterocycles. The molecule has 0 heterocycles. The van der Waals surface area contributed by atoms with E-state index < -0.39 is 0 Å². The monoisotopic (exact) mass is 293 g/mol. The Balaban J connectivity index is 2.06. The summed E-state index contributed by atoms with van der Waals surface area (Å²) in [5.41, 5.74) is 7.54. The largest absolute Gasteiger partial charge is 0.324 e. The van der Waals surface area contributed by atoms with Crippen LogP contribution in [0.25, 0.3) is 0 Å². The van der Waals surface area contributed by atoms with Gasteiger partial charge in [0.15, 0.2) is 5.78 Å². The molecule has 0 aromatic heterocycles. The number of hydrogen-bond acceptors (Lipinski definition) is 2. The van der Waals surface area contributed by atoms with E-state index in [1.165, 1.54) is 0 Å². The van der Waals surface area contributed by atoms with Gasteiger partial charge >= 0.3 is 0 Å². The number of hydrogen-bond donors (Lipinski definition) is 1. The quantitative estimate of drug-likeness (QED) is 0.856. The number of carbonyl (C=O) groups is 1. The van der Waals surface area contributed by atoms with Crippen LogP contribution in [0.3, 0.4) is 0 Å². The van der Waals surface area contributed by atoms with Gasteiger partial charge in [-0.25, -0.2) is 0 Å². The van der Waals surface area contributed by atoms with Gasteiger partial charge in [0.1, 0.15) is 0 Å². The zero-order chi connectivity index (χ0) is 13.8. The number of ketones is 1. The maximum Gasteiger partial charge on any atom is 0.164 e. The molecule has 19 heavy (non-hydrogen) atoms. The Morgan fingerprint density at radius 1 is 0.947 bits per heavy atom. The standard InChI is InChI=1S/C15H13Cl2NO/c16-12-5-1-10(2-6-12)14(18)9-15(19)11-3-7-13(17)8-4-11/h1-8,14H,9,18H2. The van der Waals surface area contributed by atoms with Crippen LogP contribution in [0.15, 0.2) is 48.5 Å². The molecule has 1 atom stereocenters. The third-order valence-electron chi connectivity index (χ3n) is 2.87. The fraction of sp³-hybridized carbons (Fsp3) is 0.133. The highest BCUT2D eigenvalue weighted by Crippen LogP contribution is 2.20. The first-order valence-corrected chi connectivity index (χ1v) is 6.61. The van der Waals surface area contributed by atoms with E-state index in [1.807, 2.05) is 12.1 Å². The van der Waals surface area contributed by atoms with Crippen LogP contribution in [-0.4, -0.2) is 5.78 Å². The Hall–Kier alpha value is -1.35. The Labute approximate surface area is 122 Å². The first-order valence-electron chi connectivity index (χ1n) is 5.86. The molecule has 0 spiro atoms. The summed E-state index contributed by atoms with van der Waals surface area (Å²) in [6, 6.07) is 13.7. The average molecular weight is 294 g/mol. The van der Waals surface area contributed by atoms with Crippen LogP contribution in [0.1, 0.15) is 28.4 Å². The van der Waals surface area contributed by atoms with Gasteiger partial charge in [-0.05, 0) is 42.0 Å². The molecule has 4 heteroatoms. The fourth-order valence-corrected chi connectivity index (χ4v) is 2.03. The van der Waals surface area contributed by atoms with E-state index in [0.717, 1.165) is 5.56 Å². The molecule has 0 bridgehead atoms. The molecule has 2 aromatic carbocycles. The van der Waals surface area contributed by atoms with Gasteiger partial charge in [-0.15, -0.1) is 0 Å². The molecule has 2 N–H and O–H groups in total. The number of halogens is 2. The van der Waals surface area contributed by atoms with E-state index in [2.05, 4.69) is 0 Å². The number of rotatable bonds is 4. The maximum absolute atomic E-state index is 12.1. The second kappa shape index (κ2) is 6.20. The topological polar surface area (TPSA) is 43.1 Å². The van der Waals surface area contributed by atoms with Crippen LogP contribution in [0.5, 0.6) is 0 Å². The van der Waals surface area contributed by atoms with Crippen molar-refractivity contribution in [3.63, 3.8) is 0 Å². The maximum atomic E-state index is 12.1. The Bertz CT molecular complexity index is 564. The van der Waals surface area contributed by atoms with Gasteiger partial charge in [0.05, 0.1) is 0 Å². The first-order chi connectivity index (χ1) is 9.06. The second-order valence-electron chi connectivity index (χ2n) is 4.29. The van der Waals surface area contributed by atoms with Crippen molar-refractivity contribution in [1.29, 1.82) is 0 Å². The highest BCUT2D eigenvalue weighted by molar-refractivity contribution is 6.30. The second-order valence-corrected chi connectivity index (χ2v) is 5.17. The van der Waals surface area contributed by atoms with Crippen molar-refractivity contribution in [2.24, 2.45) is 5.73 Å². The summed E-state index contributed by atoms with van der Waals surface area (Å²) in [4.78, 5) is 12.1. The van der Waals surface area contributed by atoms with Crippen LogP contribution >= 0.6 is 23.2 Å². The zero-order valence-corrected chi connectivity index (χ0v) is 11.7. The molecule has 2 aromatic rings. The molecular weight excluding hydrogens is 281 g/mol. The third kappa shape index (κ3) is 3.80. The Morgan fingerprint density at radius 3 is 1.95 bits per heavy atom. The van der Waals surface area contributed by atoms with E-state index in [-0.39, 0.29) is 18.2 Å². The molecule has 0 saturated heterocycles. The lowest BCUT2D eigenvalue weighted by atomic mass is 9.99. The first kappa shape index (κ1) is 14.1. The van der Waals surface area contributed by atoms with Gasteiger partial charge in [0.2, 0.25) is 0 Å². The summed E-state index contributed by atoms with van der Waals surface area (Å²) < 4.78 is 0. The molecule has 1 unspecified atom stereocenters. The van der Waals surface area contributed by atoms with Crippen molar-refractivity contribution in [2.45, 2.75) is 12.5 Å². The Kier molecular flexibility index (Phi) is 4.59. The summed E-state index contributed by atoms with van der Waals surface area (Å²) in [7, 11) is 0. The third-order valence-corrected chi connectivity index (χ3v) is 3.37. The van der Waals surface area contributed by atoms with E-state index in [9.17, 15) is 4.79 Å². The minimum absolute atomic E-state index is 0.000818. The van der Waals surface area contributed by atoms with E-state index >= 15 is 0 Å². The number of Topliss-reactive ketones (excluding diaryl/α,β-unsaturated/α-hetero) is 1. The number of carbonyl (C=O) groups excluding carboxylic acids is 1. The number of benzene rings is 2. The summed E-state index contributed by atoms with van der Waals surface area (Å²) in [5.74, 6) is -0.000818. The van der Waals surface area contributed by atoms with E-state index in [4.69, 9.17) is 28.9 Å². The number of nitrogens with two attached hydrogens (primary N) is 1. The van der Waals surface area contributed by atoms with Gasteiger partial charge in [-0.3, -0.25) is 4.79 Å². The predicted molar refractivity (Wildman–Crippen MR) is 78.8 cm³/mol. The summed E-state index contributed by atoms with van der Waals surface area (Å²) >= 11 is 11.6. The van der Waals surface area contributed by atoms with Crippen LogP contribution in [0.2, 0.25) is 10.0 Å². The molecule has 0 radical (unpaired) electrons. The van der Waals surface area contributed by atoms with Crippen molar-refractivity contribution < 1.29 is 4.79 Å². The lowest BCUT2D eigenvalue weighted by Crippen LogP contribution is -2.15. The molecule has 2 nitrogen and oxygen atoms in total. The zero-order valence-electron chi connectivity index (χ0n) is 10.1. The van der Waals surface area contributed by atoms with Gasteiger partial charge < -0.3 is 5.73 Å². The van der Waals surface area contributed by atoms with Crippen molar-refractivity contribution in [1.82, 2.24) is 0 Å². The minimum atomic E-state index is -0.333. The molecule has 0 aliphatic rings. The predicted octanol–water partition coefficient (Wildman–Crippen LogP) is 4.27. The van der Waals surface area contributed by atoms with Crippen molar-refractivity contribution in [2.75, 3.05) is 0 Å². The van der Waals surface area contributed by atoms with Gasteiger partial charge in [0.25, 0.3) is 0 Å². The SMILES string of the molecule is NC(CC(=O)c1ccc(Cl)cc1)c1ccc(Cl)cc1. The van der Waals surface area contributed by atoms with Crippen molar-refractivity contribution in [3.05, 3.63) is 69.7 Å². The van der Waals surface area contributed by atoms with E-state index in [0.29, 0.717) is 15.6 Å². The normalized spacial score (nSPS) is 12.2. The molecule has 98 valence electrons. The average Bonchev–Trinajstić information content (AvgIpc) is 2.40. The fourth-order valence-electron chi connectivity index (χ4n) is 1.78. The lowest BCUT2D eigenvalue weighted by Gasteiger charge is -2.11. The van der Waals surface area contributed by atoms with Gasteiger partial charge in [-0.1, -0.05) is 35.3 Å². The van der Waals surface area contributed by atoms with E-state index in [1.54, 1.807) is 36.4 Å². The molecule has 2 rings (SSSR count). The molecule has 0 aliphatic carbocycles. The van der Waals surface area contributed by atoms with Crippen LogP contribution in [0, 0.1) is 0 Å². The highest BCUT2D eigenvalue weighted by atomic mass is 35.5. The van der Waals surface area contributed by atoms with Gasteiger partial charge in [0, 0.05) is 28.1 Å². The molecule has 0 saturated carbocycles. The molecule has 0 fully saturated rings. The summed E-state index contributed by atoms with van der Waals surface area (Å²) in [5, 5.41) is 1.26.